The molecule has 4 rings (SSSR count). The molecule has 1 N–H and O–H groups in total. The molecular weight excluding hydrogens is 396 g/mol. The standard InChI is InChI=1S/C19H22N4O3S2/c1-10-7-11(2)20-19-16(10)13(4)17(27-19)18(24)21-15-8-12(3)22-23(15)14-5-6-28(25,26)9-14/h7-8,14H,5-6,9H2,1-4H3,(H,21,24). The van der Waals surface area contributed by atoms with E-state index >= 15 is 0 Å². The van der Waals surface area contributed by atoms with Crippen LogP contribution >= 0.6 is 11.3 Å². The summed E-state index contributed by atoms with van der Waals surface area (Å²) in [6.07, 6.45) is 0.511. The molecule has 28 heavy (non-hydrogen) atoms. The largest absolute Gasteiger partial charge is 0.306 e. The summed E-state index contributed by atoms with van der Waals surface area (Å²) in [6, 6.07) is 3.55. The molecule has 148 valence electrons. The molecular formula is C19H22N4O3S2. The van der Waals surface area contributed by atoms with Gasteiger partial charge in [-0.3, -0.25) is 4.79 Å². The predicted octanol–water partition coefficient (Wildman–Crippen LogP) is 3.34. The van der Waals surface area contributed by atoms with Crippen molar-refractivity contribution < 1.29 is 13.2 Å². The van der Waals surface area contributed by atoms with Crippen molar-refractivity contribution in [2.24, 2.45) is 0 Å². The molecule has 0 aromatic carbocycles. The maximum absolute atomic E-state index is 13.0. The highest BCUT2D eigenvalue weighted by molar-refractivity contribution is 7.91. The fourth-order valence-electron chi connectivity index (χ4n) is 3.87. The lowest BCUT2D eigenvalue weighted by Gasteiger charge is -2.13. The number of nitrogens with one attached hydrogen (secondary N) is 1. The third-order valence-electron chi connectivity index (χ3n) is 5.09. The van der Waals surface area contributed by atoms with E-state index in [0.29, 0.717) is 17.1 Å². The van der Waals surface area contributed by atoms with Crippen molar-refractivity contribution in [3.05, 3.63) is 39.5 Å². The topological polar surface area (TPSA) is 94.0 Å². The summed E-state index contributed by atoms with van der Waals surface area (Å²) in [5.74, 6) is 0.521. The Kier molecular flexibility index (Phi) is 4.54. The SMILES string of the molecule is Cc1cc(C)c2c(C)c(C(=O)Nc3cc(C)nn3C3CCS(=O)(=O)C3)sc2n1. The van der Waals surface area contributed by atoms with Gasteiger partial charge in [-0.15, -0.1) is 11.3 Å². The second kappa shape index (κ2) is 6.66. The van der Waals surface area contributed by atoms with E-state index in [1.165, 1.54) is 11.3 Å². The minimum Gasteiger partial charge on any atom is -0.306 e. The van der Waals surface area contributed by atoms with Crippen LogP contribution in [0.3, 0.4) is 0 Å². The Bertz CT molecular complexity index is 1210. The van der Waals surface area contributed by atoms with Gasteiger partial charge < -0.3 is 5.32 Å². The van der Waals surface area contributed by atoms with E-state index in [1.54, 1.807) is 10.7 Å². The van der Waals surface area contributed by atoms with Crippen molar-refractivity contribution in [2.75, 3.05) is 16.8 Å². The van der Waals surface area contributed by atoms with Gasteiger partial charge in [0.05, 0.1) is 28.1 Å². The van der Waals surface area contributed by atoms with Crippen LogP contribution < -0.4 is 5.32 Å². The summed E-state index contributed by atoms with van der Waals surface area (Å²) in [6.45, 7) is 7.73. The maximum Gasteiger partial charge on any atom is 0.267 e. The van der Waals surface area contributed by atoms with Gasteiger partial charge in [0.25, 0.3) is 5.91 Å². The Balaban J connectivity index is 1.68. The Morgan fingerprint density at radius 1 is 1.21 bits per heavy atom. The zero-order valence-corrected chi connectivity index (χ0v) is 17.9. The summed E-state index contributed by atoms with van der Waals surface area (Å²) in [5.41, 5.74) is 3.68. The third-order valence-corrected chi connectivity index (χ3v) is 8.02. The quantitative estimate of drug-likeness (QED) is 0.704. The first-order valence-corrected chi connectivity index (χ1v) is 11.7. The molecule has 7 nitrogen and oxygen atoms in total. The lowest BCUT2D eigenvalue weighted by molar-refractivity contribution is 0.102. The number of nitrogens with zero attached hydrogens (tertiary/aromatic N) is 3. The fraction of sp³-hybridized carbons (Fsp3) is 0.421. The summed E-state index contributed by atoms with van der Waals surface area (Å²) in [7, 11) is -3.04. The molecule has 9 heteroatoms. The number of fused-ring (bicyclic) bond motifs is 1. The number of hydrogen-bond donors (Lipinski definition) is 1. The minimum absolute atomic E-state index is 0.0568. The number of thiophene rings is 1. The van der Waals surface area contributed by atoms with Crippen molar-refractivity contribution in [2.45, 2.75) is 40.2 Å². The number of carbonyl (C=O) groups is 1. The van der Waals surface area contributed by atoms with E-state index in [-0.39, 0.29) is 23.5 Å². The molecule has 1 atom stereocenters. The van der Waals surface area contributed by atoms with Crippen molar-refractivity contribution in [1.82, 2.24) is 14.8 Å². The molecule has 1 aliphatic heterocycles. The summed E-state index contributed by atoms with van der Waals surface area (Å²) in [4.78, 5) is 19.0. The molecule has 1 amide bonds. The number of aryl methyl sites for hydroxylation is 4. The predicted molar refractivity (Wildman–Crippen MR) is 111 cm³/mol. The molecule has 0 saturated carbocycles. The second-order valence-corrected chi connectivity index (χ2v) is 10.7. The highest BCUT2D eigenvalue weighted by Crippen LogP contribution is 2.33. The van der Waals surface area contributed by atoms with Crippen molar-refractivity contribution in [1.29, 1.82) is 0 Å². The van der Waals surface area contributed by atoms with Gasteiger partial charge >= 0.3 is 0 Å². The number of carbonyl (C=O) groups excluding carboxylic acids is 1. The van der Waals surface area contributed by atoms with Gasteiger partial charge in [-0.2, -0.15) is 5.10 Å². The van der Waals surface area contributed by atoms with E-state index in [2.05, 4.69) is 15.4 Å². The molecule has 1 unspecified atom stereocenters. The number of hydrogen-bond acceptors (Lipinski definition) is 6. The first-order chi connectivity index (χ1) is 13.1. The van der Waals surface area contributed by atoms with Gasteiger partial charge in [0, 0.05) is 17.1 Å². The first kappa shape index (κ1) is 19.1. The number of rotatable bonds is 3. The Morgan fingerprint density at radius 3 is 2.64 bits per heavy atom. The second-order valence-electron chi connectivity index (χ2n) is 7.44. The molecule has 0 aliphatic carbocycles. The Morgan fingerprint density at radius 2 is 1.96 bits per heavy atom. The first-order valence-electron chi connectivity index (χ1n) is 9.10. The summed E-state index contributed by atoms with van der Waals surface area (Å²) >= 11 is 1.38. The maximum atomic E-state index is 13.0. The molecule has 1 aliphatic rings. The molecule has 1 fully saturated rings. The molecule has 1 saturated heterocycles. The molecule has 0 bridgehead atoms. The lowest BCUT2D eigenvalue weighted by atomic mass is 10.1. The van der Waals surface area contributed by atoms with Crippen LogP contribution in [0.4, 0.5) is 5.82 Å². The molecule has 4 heterocycles. The van der Waals surface area contributed by atoms with Gasteiger partial charge in [-0.1, -0.05) is 0 Å². The van der Waals surface area contributed by atoms with Crippen LogP contribution in [0.25, 0.3) is 10.2 Å². The van der Waals surface area contributed by atoms with Gasteiger partial charge in [-0.25, -0.2) is 18.1 Å². The number of sulfone groups is 1. The van der Waals surface area contributed by atoms with E-state index in [9.17, 15) is 13.2 Å². The van der Waals surface area contributed by atoms with E-state index in [1.807, 2.05) is 33.8 Å². The summed E-state index contributed by atoms with van der Waals surface area (Å²) in [5, 5.41) is 8.38. The molecule has 0 radical (unpaired) electrons. The smallest absolute Gasteiger partial charge is 0.267 e. The zero-order valence-electron chi connectivity index (χ0n) is 16.2. The van der Waals surface area contributed by atoms with E-state index < -0.39 is 9.84 Å². The van der Waals surface area contributed by atoms with Crippen LogP contribution in [-0.4, -0.2) is 40.6 Å². The molecule has 3 aromatic heterocycles. The van der Waals surface area contributed by atoms with Crippen LogP contribution in [0.15, 0.2) is 12.1 Å². The van der Waals surface area contributed by atoms with E-state index in [4.69, 9.17) is 0 Å². The van der Waals surface area contributed by atoms with Gasteiger partial charge in [0.1, 0.15) is 10.6 Å². The third kappa shape index (κ3) is 3.33. The highest BCUT2D eigenvalue weighted by Gasteiger charge is 2.31. The average molecular weight is 419 g/mol. The van der Waals surface area contributed by atoms with Crippen LogP contribution in [0.2, 0.25) is 0 Å². The van der Waals surface area contributed by atoms with Gasteiger partial charge in [-0.05, 0) is 51.3 Å². The van der Waals surface area contributed by atoms with Crippen molar-refractivity contribution in [3.63, 3.8) is 0 Å². The Hall–Kier alpha value is -2.26. The highest BCUT2D eigenvalue weighted by atomic mass is 32.2. The van der Waals surface area contributed by atoms with Crippen molar-refractivity contribution in [3.8, 4) is 0 Å². The monoisotopic (exact) mass is 418 g/mol. The lowest BCUT2D eigenvalue weighted by Crippen LogP contribution is -2.19. The summed E-state index contributed by atoms with van der Waals surface area (Å²) < 4.78 is 25.3. The zero-order chi connectivity index (χ0) is 20.2. The fourth-order valence-corrected chi connectivity index (χ4v) is 6.76. The van der Waals surface area contributed by atoms with Crippen LogP contribution in [0, 0.1) is 27.7 Å². The van der Waals surface area contributed by atoms with E-state index in [0.717, 1.165) is 32.7 Å². The molecule has 3 aromatic rings. The normalized spacial score (nSPS) is 18.6. The van der Waals surface area contributed by atoms with Gasteiger partial charge in [0.15, 0.2) is 9.84 Å². The van der Waals surface area contributed by atoms with Crippen LogP contribution in [0.5, 0.6) is 0 Å². The number of aromatic nitrogens is 3. The van der Waals surface area contributed by atoms with Crippen molar-refractivity contribution >= 4 is 43.1 Å². The average Bonchev–Trinajstić information content (AvgIpc) is 3.22. The number of amides is 1. The van der Waals surface area contributed by atoms with Gasteiger partial charge in [0.2, 0.25) is 0 Å². The molecule has 0 spiro atoms. The minimum atomic E-state index is -3.04. The van der Waals surface area contributed by atoms with Crippen LogP contribution in [0.1, 0.15) is 44.6 Å². The Labute approximate surface area is 167 Å². The number of pyridine rings is 1. The number of anilines is 1. The van der Waals surface area contributed by atoms with Crippen LogP contribution in [-0.2, 0) is 9.84 Å².